The van der Waals surface area contributed by atoms with Crippen molar-refractivity contribution in [3.63, 3.8) is 0 Å². The summed E-state index contributed by atoms with van der Waals surface area (Å²) in [4.78, 5) is 26.3. The number of ether oxygens (including phenoxy) is 1. The summed E-state index contributed by atoms with van der Waals surface area (Å²) in [5, 5.41) is 1.73. The van der Waals surface area contributed by atoms with Gasteiger partial charge in [0.1, 0.15) is 6.61 Å². The molecule has 1 aromatic carbocycles. The smallest absolute Gasteiger partial charge is 0.410 e. The molecule has 1 aromatic rings. The molecule has 150 valence electrons. The molecule has 1 saturated heterocycles. The van der Waals surface area contributed by atoms with Crippen LogP contribution in [0.4, 0.5) is 4.79 Å². The van der Waals surface area contributed by atoms with Crippen molar-refractivity contribution in [2.45, 2.75) is 65.0 Å². The molecule has 6 heteroatoms. The second kappa shape index (κ2) is 11.6. The third kappa shape index (κ3) is 7.21. The number of hydrogen-bond donors (Lipinski definition) is 1. The highest BCUT2D eigenvalue weighted by atomic mass is 16.6. The summed E-state index contributed by atoms with van der Waals surface area (Å²) in [6, 6.07) is 9.81. The number of hydrogen-bond acceptors (Lipinski definition) is 4. The Morgan fingerprint density at radius 3 is 2.63 bits per heavy atom. The molecule has 0 aromatic heterocycles. The van der Waals surface area contributed by atoms with E-state index in [-0.39, 0.29) is 24.6 Å². The quantitative estimate of drug-likeness (QED) is 0.640. The fourth-order valence-electron chi connectivity index (χ4n) is 3.10. The van der Waals surface area contributed by atoms with Crippen LogP contribution in [-0.2, 0) is 16.1 Å². The van der Waals surface area contributed by atoms with E-state index in [1.54, 1.807) is 9.91 Å². The number of nitrogens with one attached hydrogen (secondary N) is 1. The Bertz CT molecular complexity index is 579. The second-order valence-corrected chi connectivity index (χ2v) is 7.10. The van der Waals surface area contributed by atoms with E-state index in [0.717, 1.165) is 44.2 Å². The maximum Gasteiger partial charge on any atom is 0.410 e. The normalized spacial score (nSPS) is 16.6. The highest BCUT2D eigenvalue weighted by Gasteiger charge is 2.29. The lowest BCUT2D eigenvalue weighted by molar-refractivity contribution is -0.129. The summed E-state index contributed by atoms with van der Waals surface area (Å²) in [7, 11) is 0. The molecule has 1 fully saturated rings. The first-order valence-electron chi connectivity index (χ1n) is 10.2. The van der Waals surface area contributed by atoms with Gasteiger partial charge in [0.05, 0.1) is 0 Å². The molecule has 2 rings (SSSR count). The van der Waals surface area contributed by atoms with Gasteiger partial charge >= 0.3 is 6.09 Å². The highest BCUT2D eigenvalue weighted by molar-refractivity contribution is 5.78. The van der Waals surface area contributed by atoms with Crippen LogP contribution in [0.1, 0.15) is 57.9 Å². The van der Waals surface area contributed by atoms with E-state index >= 15 is 0 Å². The molecular formula is C21H33N3O3. The van der Waals surface area contributed by atoms with Crippen LogP contribution in [0.15, 0.2) is 30.3 Å². The lowest BCUT2D eigenvalue weighted by Crippen LogP contribution is -2.40. The van der Waals surface area contributed by atoms with Crippen molar-refractivity contribution in [1.29, 1.82) is 0 Å². The number of amides is 2. The fourth-order valence-corrected chi connectivity index (χ4v) is 3.10. The van der Waals surface area contributed by atoms with Crippen LogP contribution in [0.2, 0.25) is 0 Å². The summed E-state index contributed by atoms with van der Waals surface area (Å²) in [6.07, 6.45) is 5.00. The van der Waals surface area contributed by atoms with Gasteiger partial charge in [-0.3, -0.25) is 9.80 Å². The molecule has 0 radical (unpaired) electrons. The lowest BCUT2D eigenvalue weighted by Gasteiger charge is -2.24. The molecule has 27 heavy (non-hydrogen) atoms. The Kier molecular flexibility index (Phi) is 9.11. The Balaban J connectivity index is 1.81. The molecule has 0 bridgehead atoms. The Hall–Kier alpha value is -2.08. The largest absolute Gasteiger partial charge is 0.445 e. The van der Waals surface area contributed by atoms with Gasteiger partial charge in [0.2, 0.25) is 5.91 Å². The Morgan fingerprint density at radius 1 is 1.19 bits per heavy atom. The average molecular weight is 376 g/mol. The van der Waals surface area contributed by atoms with Crippen molar-refractivity contribution in [1.82, 2.24) is 15.3 Å². The first-order chi connectivity index (χ1) is 13.1. The summed E-state index contributed by atoms with van der Waals surface area (Å²) < 4.78 is 5.49. The van der Waals surface area contributed by atoms with E-state index < -0.39 is 0 Å². The van der Waals surface area contributed by atoms with Gasteiger partial charge in [-0.1, -0.05) is 57.0 Å². The molecular weight excluding hydrogens is 342 g/mol. The van der Waals surface area contributed by atoms with Crippen molar-refractivity contribution >= 4 is 12.0 Å². The number of unbranched alkanes of at least 4 members (excludes halogenated alkanes) is 2. The zero-order valence-electron chi connectivity index (χ0n) is 16.7. The first kappa shape index (κ1) is 21.2. The first-order valence-corrected chi connectivity index (χ1v) is 10.2. The predicted octanol–water partition coefficient (Wildman–Crippen LogP) is 3.72. The standard InChI is InChI=1S/C21H33N3O3/c1-3-5-13-23(21(26)27-17-18-10-8-7-9-11-18)15-12-19-16-20(25)24(22-19)14-6-4-2/h7-11,19,22H,3-6,12-17H2,1-2H3. The van der Waals surface area contributed by atoms with E-state index in [1.165, 1.54) is 0 Å². The van der Waals surface area contributed by atoms with Crippen molar-refractivity contribution < 1.29 is 14.3 Å². The number of carbonyl (C=O) groups excluding carboxylic acids is 2. The van der Waals surface area contributed by atoms with Crippen molar-refractivity contribution in [3.8, 4) is 0 Å². The zero-order chi connectivity index (χ0) is 19.5. The number of rotatable bonds is 11. The molecule has 1 N–H and O–H groups in total. The SMILES string of the molecule is CCCCN(CCC1CC(=O)N(CCCC)N1)C(=O)OCc1ccccc1. The number of benzene rings is 1. The van der Waals surface area contributed by atoms with Crippen LogP contribution in [-0.4, -0.2) is 47.6 Å². The molecule has 0 spiro atoms. The van der Waals surface area contributed by atoms with Crippen LogP contribution in [0, 0.1) is 0 Å². The molecule has 1 unspecified atom stereocenters. The maximum atomic E-state index is 12.5. The van der Waals surface area contributed by atoms with E-state index in [0.29, 0.717) is 19.5 Å². The van der Waals surface area contributed by atoms with Crippen molar-refractivity contribution in [3.05, 3.63) is 35.9 Å². The number of hydrazine groups is 1. The lowest BCUT2D eigenvalue weighted by atomic mass is 10.1. The number of nitrogens with zero attached hydrogens (tertiary/aromatic N) is 2. The predicted molar refractivity (Wildman–Crippen MR) is 106 cm³/mol. The van der Waals surface area contributed by atoms with Crippen molar-refractivity contribution in [2.24, 2.45) is 0 Å². The van der Waals surface area contributed by atoms with Gasteiger partial charge in [0.25, 0.3) is 0 Å². The van der Waals surface area contributed by atoms with Gasteiger partial charge in [-0.15, -0.1) is 0 Å². The molecule has 1 aliphatic heterocycles. The zero-order valence-corrected chi connectivity index (χ0v) is 16.7. The van der Waals surface area contributed by atoms with Crippen LogP contribution in [0.25, 0.3) is 0 Å². The summed E-state index contributed by atoms with van der Waals surface area (Å²) in [5.41, 5.74) is 4.27. The molecule has 1 atom stereocenters. The van der Waals surface area contributed by atoms with Crippen LogP contribution >= 0.6 is 0 Å². The molecule has 6 nitrogen and oxygen atoms in total. The van der Waals surface area contributed by atoms with Crippen molar-refractivity contribution in [2.75, 3.05) is 19.6 Å². The summed E-state index contributed by atoms with van der Waals surface area (Å²) in [5.74, 6) is 0.153. The average Bonchev–Trinajstić information content (AvgIpc) is 3.05. The minimum Gasteiger partial charge on any atom is -0.445 e. The fraction of sp³-hybridized carbons (Fsp3) is 0.619. The third-order valence-corrected chi connectivity index (χ3v) is 4.79. The molecule has 1 aliphatic rings. The van der Waals surface area contributed by atoms with Gasteiger partial charge in [-0.05, 0) is 24.8 Å². The minimum absolute atomic E-state index is 0.0976. The summed E-state index contributed by atoms with van der Waals surface area (Å²) >= 11 is 0. The van der Waals surface area contributed by atoms with Crippen LogP contribution in [0.3, 0.4) is 0 Å². The summed E-state index contributed by atoms with van der Waals surface area (Å²) in [6.45, 7) is 6.54. The highest BCUT2D eigenvalue weighted by Crippen LogP contribution is 2.13. The van der Waals surface area contributed by atoms with Gasteiger partial charge in [0, 0.05) is 32.1 Å². The van der Waals surface area contributed by atoms with E-state index in [2.05, 4.69) is 19.3 Å². The maximum absolute atomic E-state index is 12.5. The van der Waals surface area contributed by atoms with Gasteiger partial charge in [-0.2, -0.15) is 0 Å². The second-order valence-electron chi connectivity index (χ2n) is 7.10. The van der Waals surface area contributed by atoms with Crippen LogP contribution in [0.5, 0.6) is 0 Å². The van der Waals surface area contributed by atoms with E-state index in [1.807, 2.05) is 30.3 Å². The minimum atomic E-state index is -0.278. The Morgan fingerprint density at radius 2 is 1.93 bits per heavy atom. The number of carbonyl (C=O) groups is 2. The van der Waals surface area contributed by atoms with E-state index in [9.17, 15) is 9.59 Å². The monoisotopic (exact) mass is 375 g/mol. The van der Waals surface area contributed by atoms with Gasteiger partial charge < -0.3 is 9.64 Å². The Labute approximate surface area is 162 Å². The molecule has 0 aliphatic carbocycles. The van der Waals surface area contributed by atoms with Gasteiger partial charge in [-0.25, -0.2) is 10.2 Å². The molecule has 0 saturated carbocycles. The molecule has 2 amide bonds. The van der Waals surface area contributed by atoms with E-state index in [4.69, 9.17) is 4.74 Å². The molecule has 1 heterocycles. The van der Waals surface area contributed by atoms with Crippen LogP contribution < -0.4 is 5.43 Å². The third-order valence-electron chi connectivity index (χ3n) is 4.79. The van der Waals surface area contributed by atoms with Gasteiger partial charge in [0.15, 0.2) is 0 Å². The topological polar surface area (TPSA) is 61.9 Å².